The first-order valence-electron chi connectivity index (χ1n) is 12.1. The standard InChI is InChI=1S/C30H33N3O4S/c1-20-9-11-23(21(2)15-20)19-38-30(33-24-7-6-8-25(17-24)35-3)26(18-31)29(34)32-14-13-22-10-12-27(36-4)28(16-22)37-5/h6-12,15-17,33H,13-14,19H2,1-5H3,(H,32,34)/b30-26+. The van der Waals surface area contributed by atoms with Crippen molar-refractivity contribution in [3.05, 3.63) is 93.5 Å². The van der Waals surface area contributed by atoms with Crippen LogP contribution < -0.4 is 24.8 Å². The maximum absolute atomic E-state index is 13.2. The van der Waals surface area contributed by atoms with Gasteiger partial charge in [0.15, 0.2) is 11.5 Å². The Morgan fingerprint density at radius 1 is 0.947 bits per heavy atom. The molecule has 198 valence electrons. The SMILES string of the molecule is COc1cccc(N/C(SCc2ccc(C)cc2C)=C(/C#N)C(=O)NCCc2ccc(OC)c(OC)c2)c1. The lowest BCUT2D eigenvalue weighted by molar-refractivity contribution is -0.117. The van der Waals surface area contributed by atoms with Crippen LogP contribution in [-0.4, -0.2) is 33.8 Å². The van der Waals surface area contributed by atoms with E-state index in [9.17, 15) is 10.1 Å². The minimum atomic E-state index is -0.438. The number of ether oxygens (including phenoxy) is 3. The van der Waals surface area contributed by atoms with Crippen LogP contribution in [0.1, 0.15) is 22.3 Å². The minimum Gasteiger partial charge on any atom is -0.497 e. The number of carbonyl (C=O) groups is 1. The van der Waals surface area contributed by atoms with E-state index in [1.165, 1.54) is 17.3 Å². The van der Waals surface area contributed by atoms with E-state index < -0.39 is 5.91 Å². The molecule has 8 heteroatoms. The van der Waals surface area contributed by atoms with Crippen LogP contribution >= 0.6 is 11.8 Å². The van der Waals surface area contributed by atoms with E-state index in [4.69, 9.17) is 14.2 Å². The Morgan fingerprint density at radius 3 is 2.42 bits per heavy atom. The molecule has 0 spiro atoms. The van der Waals surface area contributed by atoms with Gasteiger partial charge in [0.25, 0.3) is 5.91 Å². The summed E-state index contributed by atoms with van der Waals surface area (Å²) in [5, 5.41) is 16.6. The zero-order chi connectivity index (χ0) is 27.5. The highest BCUT2D eigenvalue weighted by Gasteiger charge is 2.17. The summed E-state index contributed by atoms with van der Waals surface area (Å²) >= 11 is 1.42. The second-order valence-corrected chi connectivity index (χ2v) is 9.57. The Hall–Kier alpha value is -4.09. The zero-order valence-corrected chi connectivity index (χ0v) is 23.2. The summed E-state index contributed by atoms with van der Waals surface area (Å²) < 4.78 is 16.0. The van der Waals surface area contributed by atoms with Gasteiger partial charge in [-0.3, -0.25) is 4.79 Å². The molecule has 3 rings (SSSR count). The summed E-state index contributed by atoms with van der Waals surface area (Å²) in [6.45, 7) is 4.47. The van der Waals surface area contributed by atoms with E-state index in [-0.39, 0.29) is 5.57 Å². The van der Waals surface area contributed by atoms with Gasteiger partial charge in [-0.25, -0.2) is 0 Å². The molecule has 3 aromatic carbocycles. The molecular weight excluding hydrogens is 498 g/mol. The summed E-state index contributed by atoms with van der Waals surface area (Å²) in [6.07, 6.45) is 0.569. The van der Waals surface area contributed by atoms with Crippen molar-refractivity contribution in [2.45, 2.75) is 26.0 Å². The third kappa shape index (κ3) is 7.70. The quantitative estimate of drug-likeness (QED) is 0.226. The molecule has 3 aromatic rings. The summed E-state index contributed by atoms with van der Waals surface area (Å²) in [5.74, 6) is 2.10. The average Bonchev–Trinajstić information content (AvgIpc) is 2.92. The number of nitrogens with one attached hydrogen (secondary N) is 2. The van der Waals surface area contributed by atoms with Crippen LogP contribution in [0.3, 0.4) is 0 Å². The fraction of sp³-hybridized carbons (Fsp3) is 0.267. The summed E-state index contributed by atoms with van der Waals surface area (Å²) in [6, 6.07) is 21.4. The first-order valence-corrected chi connectivity index (χ1v) is 13.1. The molecule has 0 fully saturated rings. The molecule has 0 saturated heterocycles. The lowest BCUT2D eigenvalue weighted by Gasteiger charge is -2.15. The first kappa shape index (κ1) is 28.5. The molecular formula is C30H33N3O4S. The van der Waals surface area contributed by atoms with E-state index in [2.05, 4.69) is 48.7 Å². The average molecular weight is 532 g/mol. The fourth-order valence-electron chi connectivity index (χ4n) is 3.81. The Bertz CT molecular complexity index is 1350. The highest BCUT2D eigenvalue weighted by Crippen LogP contribution is 2.30. The van der Waals surface area contributed by atoms with Crippen LogP contribution in [0, 0.1) is 25.2 Å². The van der Waals surface area contributed by atoms with Crippen molar-refractivity contribution in [3.63, 3.8) is 0 Å². The number of rotatable bonds is 12. The van der Waals surface area contributed by atoms with Gasteiger partial charge < -0.3 is 24.8 Å². The number of nitrogens with zero attached hydrogens (tertiary/aromatic N) is 1. The fourth-order valence-corrected chi connectivity index (χ4v) is 4.91. The van der Waals surface area contributed by atoms with Gasteiger partial charge in [0.2, 0.25) is 0 Å². The van der Waals surface area contributed by atoms with Crippen LogP contribution in [0.2, 0.25) is 0 Å². The molecule has 0 radical (unpaired) electrons. The molecule has 0 aromatic heterocycles. The van der Waals surface area contributed by atoms with E-state index in [1.807, 2.05) is 42.5 Å². The largest absolute Gasteiger partial charge is 0.497 e. The number of hydrogen-bond donors (Lipinski definition) is 2. The molecule has 38 heavy (non-hydrogen) atoms. The molecule has 0 atom stereocenters. The van der Waals surface area contributed by atoms with E-state index in [0.717, 1.165) is 22.4 Å². The van der Waals surface area contributed by atoms with Crippen molar-refractivity contribution >= 4 is 23.4 Å². The third-order valence-electron chi connectivity index (χ3n) is 5.91. The van der Waals surface area contributed by atoms with Gasteiger partial charge in [0.1, 0.15) is 17.4 Å². The molecule has 7 nitrogen and oxygen atoms in total. The molecule has 0 heterocycles. The van der Waals surface area contributed by atoms with Gasteiger partial charge in [-0.1, -0.05) is 35.9 Å². The van der Waals surface area contributed by atoms with Crippen LogP contribution in [-0.2, 0) is 17.0 Å². The molecule has 0 aliphatic carbocycles. The van der Waals surface area contributed by atoms with Crippen molar-refractivity contribution in [1.29, 1.82) is 5.26 Å². The summed E-state index contributed by atoms with van der Waals surface area (Å²) in [4.78, 5) is 13.2. The number of nitriles is 1. The van der Waals surface area contributed by atoms with Gasteiger partial charge in [0.05, 0.1) is 26.4 Å². The van der Waals surface area contributed by atoms with Gasteiger partial charge in [-0.05, 0) is 61.2 Å². The normalized spacial score (nSPS) is 11.2. The van der Waals surface area contributed by atoms with Crippen molar-refractivity contribution in [2.75, 3.05) is 33.2 Å². The van der Waals surface area contributed by atoms with E-state index in [1.54, 1.807) is 21.3 Å². The zero-order valence-electron chi connectivity index (χ0n) is 22.4. The molecule has 1 amide bonds. The highest BCUT2D eigenvalue weighted by molar-refractivity contribution is 8.02. The van der Waals surface area contributed by atoms with Crippen molar-refractivity contribution in [3.8, 4) is 23.3 Å². The van der Waals surface area contributed by atoms with Gasteiger partial charge in [-0.2, -0.15) is 5.26 Å². The maximum Gasteiger partial charge on any atom is 0.264 e. The smallest absolute Gasteiger partial charge is 0.264 e. The van der Waals surface area contributed by atoms with E-state index in [0.29, 0.717) is 41.0 Å². The lowest BCUT2D eigenvalue weighted by atomic mass is 10.1. The molecule has 2 N–H and O–H groups in total. The monoisotopic (exact) mass is 531 g/mol. The molecule has 0 aliphatic heterocycles. The Morgan fingerprint density at radius 2 is 1.74 bits per heavy atom. The van der Waals surface area contributed by atoms with E-state index >= 15 is 0 Å². The second kappa shape index (κ2) is 14.0. The van der Waals surface area contributed by atoms with Crippen LogP contribution in [0.15, 0.2) is 71.3 Å². The minimum absolute atomic E-state index is 0.0231. The number of thioether (sulfide) groups is 1. The topological polar surface area (TPSA) is 92.6 Å². The number of anilines is 1. The van der Waals surface area contributed by atoms with Gasteiger partial charge in [0, 0.05) is 24.1 Å². The Labute approximate surface area is 228 Å². The number of hydrogen-bond acceptors (Lipinski definition) is 7. The molecule has 0 aliphatic rings. The van der Waals surface area contributed by atoms with Crippen molar-refractivity contribution in [2.24, 2.45) is 0 Å². The van der Waals surface area contributed by atoms with Crippen LogP contribution in [0.25, 0.3) is 0 Å². The molecule has 0 saturated carbocycles. The predicted octanol–water partition coefficient (Wildman–Crippen LogP) is 5.77. The first-order chi connectivity index (χ1) is 18.4. The van der Waals surface area contributed by atoms with Gasteiger partial charge >= 0.3 is 0 Å². The summed E-state index contributed by atoms with van der Waals surface area (Å²) in [5.41, 5.74) is 5.21. The number of carbonyl (C=O) groups excluding carboxylic acids is 1. The van der Waals surface area contributed by atoms with Crippen molar-refractivity contribution < 1.29 is 19.0 Å². The number of methoxy groups -OCH3 is 3. The van der Waals surface area contributed by atoms with Crippen molar-refractivity contribution in [1.82, 2.24) is 5.32 Å². The third-order valence-corrected chi connectivity index (χ3v) is 6.96. The number of aryl methyl sites for hydroxylation is 2. The highest BCUT2D eigenvalue weighted by atomic mass is 32.2. The van der Waals surface area contributed by atoms with Crippen LogP contribution in [0.5, 0.6) is 17.2 Å². The molecule has 0 unspecified atom stereocenters. The summed E-state index contributed by atoms with van der Waals surface area (Å²) in [7, 11) is 4.76. The Balaban J connectivity index is 1.80. The lowest BCUT2D eigenvalue weighted by Crippen LogP contribution is -2.28. The Kier molecular flexibility index (Phi) is 10.5. The van der Waals surface area contributed by atoms with Crippen LogP contribution in [0.4, 0.5) is 5.69 Å². The number of benzene rings is 3. The predicted molar refractivity (Wildman–Crippen MR) is 153 cm³/mol. The number of amides is 1. The molecule has 0 bridgehead atoms. The maximum atomic E-state index is 13.2. The second-order valence-electron chi connectivity index (χ2n) is 8.59. The van der Waals surface area contributed by atoms with Gasteiger partial charge in [-0.15, -0.1) is 11.8 Å².